The number of thiocarbonyl (C=S) groups is 1. The Labute approximate surface area is 153 Å². The van der Waals surface area contributed by atoms with Gasteiger partial charge in [0, 0.05) is 17.3 Å². The average molecular weight is 376 g/mol. The molecule has 0 fully saturated rings. The molecule has 0 spiro atoms. The number of aromatic nitrogens is 1. The molecule has 1 aliphatic rings. The molecule has 0 aliphatic heterocycles. The first-order chi connectivity index (χ1) is 12.1. The second kappa shape index (κ2) is 7.58. The molecule has 0 atom stereocenters. The summed E-state index contributed by atoms with van der Waals surface area (Å²) >= 11 is 6.68. The van der Waals surface area contributed by atoms with E-state index in [0.717, 1.165) is 24.8 Å². The van der Waals surface area contributed by atoms with E-state index in [4.69, 9.17) is 17.0 Å². The van der Waals surface area contributed by atoms with Crippen molar-refractivity contribution in [3.63, 3.8) is 0 Å². The van der Waals surface area contributed by atoms with Crippen LogP contribution in [0.4, 0.5) is 5.00 Å². The van der Waals surface area contributed by atoms with Gasteiger partial charge in [-0.1, -0.05) is 0 Å². The largest absolute Gasteiger partial charge is 0.465 e. The molecule has 130 valence electrons. The van der Waals surface area contributed by atoms with Crippen molar-refractivity contribution in [2.45, 2.75) is 19.3 Å². The standard InChI is InChI=1S/C16H16N4O3S2/c1-23-15(22)12-10-5-2-6-11(10)25-14(12)18-16(24)20-19-13(21)9-4-3-7-17-8-9/h3-4,7-8H,2,5-6H2,1H3,(H,19,21)(H2,18,20,24). The molecule has 2 aromatic rings. The van der Waals surface area contributed by atoms with Gasteiger partial charge in [-0.2, -0.15) is 0 Å². The van der Waals surface area contributed by atoms with Gasteiger partial charge in [0.2, 0.25) is 0 Å². The topological polar surface area (TPSA) is 92.4 Å². The number of carbonyl (C=O) groups is 2. The number of anilines is 1. The molecule has 3 N–H and O–H groups in total. The zero-order chi connectivity index (χ0) is 17.8. The summed E-state index contributed by atoms with van der Waals surface area (Å²) in [5.74, 6) is -0.747. The number of nitrogens with one attached hydrogen (secondary N) is 3. The minimum atomic E-state index is -0.385. The molecule has 0 unspecified atom stereocenters. The number of aryl methyl sites for hydroxylation is 1. The van der Waals surface area contributed by atoms with Crippen molar-refractivity contribution in [2.75, 3.05) is 12.4 Å². The number of methoxy groups -OCH3 is 1. The third kappa shape index (κ3) is 3.77. The van der Waals surface area contributed by atoms with Crippen molar-refractivity contribution >= 4 is 45.5 Å². The predicted molar refractivity (Wildman–Crippen MR) is 98.7 cm³/mol. The molecule has 7 nitrogen and oxygen atoms in total. The first kappa shape index (κ1) is 17.3. The molecule has 1 aliphatic carbocycles. The lowest BCUT2D eigenvalue weighted by molar-refractivity contribution is 0.0601. The number of hydrogen-bond acceptors (Lipinski definition) is 6. The summed E-state index contributed by atoms with van der Waals surface area (Å²) < 4.78 is 4.89. The predicted octanol–water partition coefficient (Wildman–Crippen LogP) is 2.05. The van der Waals surface area contributed by atoms with Crippen LogP contribution in [0.1, 0.15) is 37.6 Å². The second-order valence-corrected chi connectivity index (χ2v) is 6.84. The summed E-state index contributed by atoms with van der Waals surface area (Å²) in [6.07, 6.45) is 5.88. The molecular formula is C16H16N4O3S2. The first-order valence-electron chi connectivity index (χ1n) is 7.60. The number of amides is 1. The van der Waals surface area contributed by atoms with Gasteiger partial charge in [0.1, 0.15) is 5.00 Å². The number of pyridine rings is 1. The van der Waals surface area contributed by atoms with E-state index in [1.54, 1.807) is 18.3 Å². The van der Waals surface area contributed by atoms with Gasteiger partial charge in [0.05, 0.1) is 18.2 Å². The maximum atomic E-state index is 12.1. The SMILES string of the molecule is COC(=O)c1c(NC(=S)NNC(=O)c2cccnc2)sc2c1CCC2. The fourth-order valence-electron chi connectivity index (χ4n) is 2.63. The zero-order valence-electron chi connectivity index (χ0n) is 13.4. The molecule has 0 radical (unpaired) electrons. The first-order valence-corrected chi connectivity index (χ1v) is 8.83. The van der Waals surface area contributed by atoms with Crippen LogP contribution in [0.5, 0.6) is 0 Å². The Hall–Kier alpha value is -2.52. The van der Waals surface area contributed by atoms with Crippen LogP contribution in [-0.2, 0) is 17.6 Å². The number of ether oxygens (including phenoxy) is 1. The summed E-state index contributed by atoms with van der Waals surface area (Å²) in [5.41, 5.74) is 7.08. The molecular weight excluding hydrogens is 360 g/mol. The summed E-state index contributed by atoms with van der Waals surface area (Å²) in [7, 11) is 1.36. The van der Waals surface area contributed by atoms with E-state index in [1.807, 2.05) is 0 Å². The zero-order valence-corrected chi connectivity index (χ0v) is 15.1. The minimum Gasteiger partial charge on any atom is -0.465 e. The van der Waals surface area contributed by atoms with Crippen molar-refractivity contribution in [1.29, 1.82) is 0 Å². The molecule has 0 aromatic carbocycles. The Bertz CT molecular complexity index is 820. The number of carbonyl (C=O) groups excluding carboxylic acids is 2. The van der Waals surface area contributed by atoms with E-state index in [-0.39, 0.29) is 17.0 Å². The highest BCUT2D eigenvalue weighted by Gasteiger charge is 2.27. The van der Waals surface area contributed by atoms with Gasteiger partial charge in [-0.15, -0.1) is 11.3 Å². The highest BCUT2D eigenvalue weighted by molar-refractivity contribution is 7.80. The maximum Gasteiger partial charge on any atom is 0.341 e. The molecule has 1 amide bonds. The molecule has 0 bridgehead atoms. The Morgan fingerprint density at radius 3 is 2.88 bits per heavy atom. The number of esters is 1. The smallest absolute Gasteiger partial charge is 0.341 e. The van der Waals surface area contributed by atoms with Gasteiger partial charge in [-0.3, -0.25) is 20.6 Å². The number of thiophene rings is 1. The Morgan fingerprint density at radius 2 is 2.16 bits per heavy atom. The number of rotatable bonds is 3. The van der Waals surface area contributed by atoms with Crippen LogP contribution in [0.3, 0.4) is 0 Å². The Kier molecular flexibility index (Phi) is 5.25. The number of fused-ring (bicyclic) bond motifs is 1. The van der Waals surface area contributed by atoms with Crippen molar-refractivity contribution in [2.24, 2.45) is 0 Å². The van der Waals surface area contributed by atoms with E-state index in [9.17, 15) is 9.59 Å². The monoisotopic (exact) mass is 376 g/mol. The lowest BCUT2D eigenvalue weighted by atomic mass is 10.1. The summed E-state index contributed by atoms with van der Waals surface area (Å²) in [6, 6.07) is 3.31. The van der Waals surface area contributed by atoms with Crippen LogP contribution >= 0.6 is 23.6 Å². The van der Waals surface area contributed by atoms with Crippen molar-refractivity contribution in [1.82, 2.24) is 15.8 Å². The lowest BCUT2D eigenvalue weighted by Crippen LogP contribution is -2.43. The second-order valence-electron chi connectivity index (χ2n) is 5.33. The molecule has 0 saturated carbocycles. The van der Waals surface area contributed by atoms with E-state index < -0.39 is 0 Å². The van der Waals surface area contributed by atoms with Crippen LogP contribution < -0.4 is 16.2 Å². The van der Waals surface area contributed by atoms with Crippen molar-refractivity contribution < 1.29 is 14.3 Å². The Morgan fingerprint density at radius 1 is 1.32 bits per heavy atom. The van der Waals surface area contributed by atoms with E-state index in [2.05, 4.69) is 21.2 Å². The number of hydrazine groups is 1. The lowest BCUT2D eigenvalue weighted by Gasteiger charge is -2.12. The number of nitrogens with zero attached hydrogens (tertiary/aromatic N) is 1. The highest BCUT2D eigenvalue weighted by Crippen LogP contribution is 2.39. The van der Waals surface area contributed by atoms with Crippen LogP contribution in [0, 0.1) is 0 Å². The minimum absolute atomic E-state index is 0.183. The normalized spacial score (nSPS) is 12.2. The fraction of sp³-hybridized carbons (Fsp3) is 0.250. The van der Waals surface area contributed by atoms with Gasteiger partial charge in [0.25, 0.3) is 5.91 Å². The molecule has 9 heteroatoms. The van der Waals surface area contributed by atoms with Crippen molar-refractivity contribution in [3.05, 3.63) is 46.1 Å². The van der Waals surface area contributed by atoms with Crippen LogP contribution in [0.25, 0.3) is 0 Å². The quantitative estimate of drug-likeness (QED) is 0.429. The van der Waals surface area contributed by atoms with E-state index in [0.29, 0.717) is 16.1 Å². The average Bonchev–Trinajstić information content (AvgIpc) is 3.20. The van der Waals surface area contributed by atoms with Gasteiger partial charge in [-0.05, 0) is 49.2 Å². The van der Waals surface area contributed by atoms with Gasteiger partial charge in [0.15, 0.2) is 5.11 Å². The number of hydrogen-bond donors (Lipinski definition) is 3. The summed E-state index contributed by atoms with van der Waals surface area (Å²) in [6.45, 7) is 0. The van der Waals surface area contributed by atoms with Crippen molar-refractivity contribution in [3.8, 4) is 0 Å². The van der Waals surface area contributed by atoms with Crippen LogP contribution in [0.2, 0.25) is 0 Å². The van der Waals surface area contributed by atoms with E-state index >= 15 is 0 Å². The van der Waals surface area contributed by atoms with E-state index in [1.165, 1.54) is 29.5 Å². The third-order valence-corrected chi connectivity index (χ3v) is 5.16. The molecule has 25 heavy (non-hydrogen) atoms. The molecule has 0 saturated heterocycles. The highest BCUT2D eigenvalue weighted by atomic mass is 32.1. The fourth-order valence-corrected chi connectivity index (χ4v) is 4.13. The van der Waals surface area contributed by atoms with Gasteiger partial charge < -0.3 is 10.1 Å². The van der Waals surface area contributed by atoms with Gasteiger partial charge >= 0.3 is 5.97 Å². The summed E-state index contributed by atoms with van der Waals surface area (Å²) in [5, 5.41) is 3.78. The Balaban J connectivity index is 1.65. The molecule has 2 aromatic heterocycles. The van der Waals surface area contributed by atoms with Crippen LogP contribution in [0.15, 0.2) is 24.5 Å². The van der Waals surface area contributed by atoms with Crippen LogP contribution in [-0.4, -0.2) is 29.1 Å². The molecule has 2 heterocycles. The maximum absolute atomic E-state index is 12.1. The van der Waals surface area contributed by atoms with Gasteiger partial charge in [-0.25, -0.2) is 4.79 Å². The summed E-state index contributed by atoms with van der Waals surface area (Å²) in [4.78, 5) is 29.1. The third-order valence-electron chi connectivity index (χ3n) is 3.75. The molecule has 3 rings (SSSR count).